The molecular formula is C14H25N3. The van der Waals surface area contributed by atoms with Crippen molar-refractivity contribution in [2.24, 2.45) is 11.7 Å². The highest BCUT2D eigenvalue weighted by atomic mass is 15.1. The van der Waals surface area contributed by atoms with E-state index in [1.165, 1.54) is 25.7 Å². The van der Waals surface area contributed by atoms with Crippen LogP contribution in [-0.4, -0.2) is 15.1 Å². The van der Waals surface area contributed by atoms with E-state index in [0.717, 1.165) is 31.1 Å². The van der Waals surface area contributed by atoms with Gasteiger partial charge in [-0.2, -0.15) is 0 Å². The predicted octanol–water partition coefficient (Wildman–Crippen LogP) is 2.74. The van der Waals surface area contributed by atoms with E-state index in [1.54, 1.807) is 0 Å². The molecule has 3 nitrogen and oxygen atoms in total. The van der Waals surface area contributed by atoms with Crippen LogP contribution in [0.15, 0.2) is 12.4 Å². The molecule has 1 aliphatic rings. The number of hydrogen-bond acceptors (Lipinski definition) is 2. The van der Waals surface area contributed by atoms with Crippen LogP contribution in [-0.2, 0) is 13.0 Å². The van der Waals surface area contributed by atoms with Gasteiger partial charge in [0, 0.05) is 30.9 Å². The normalized spacial score (nSPS) is 29.5. The van der Waals surface area contributed by atoms with E-state index in [1.807, 2.05) is 6.20 Å². The van der Waals surface area contributed by atoms with Crippen molar-refractivity contribution in [3.05, 3.63) is 18.2 Å². The van der Waals surface area contributed by atoms with Gasteiger partial charge in [-0.1, -0.05) is 26.2 Å². The van der Waals surface area contributed by atoms with Crippen LogP contribution in [0.3, 0.4) is 0 Å². The summed E-state index contributed by atoms with van der Waals surface area (Å²) in [5.41, 5.74) is 6.57. The van der Waals surface area contributed by atoms with Crippen molar-refractivity contribution < 1.29 is 0 Å². The lowest BCUT2D eigenvalue weighted by atomic mass is 9.73. The Kier molecular flexibility index (Phi) is 3.87. The fourth-order valence-electron chi connectivity index (χ4n) is 3.14. The Labute approximate surface area is 104 Å². The third-order valence-electron chi connectivity index (χ3n) is 4.21. The molecule has 0 saturated heterocycles. The average Bonchev–Trinajstić information content (AvgIpc) is 2.75. The van der Waals surface area contributed by atoms with E-state index in [4.69, 9.17) is 5.73 Å². The van der Waals surface area contributed by atoms with Crippen molar-refractivity contribution in [1.82, 2.24) is 9.55 Å². The van der Waals surface area contributed by atoms with Gasteiger partial charge in [0.05, 0.1) is 0 Å². The Hall–Kier alpha value is -0.830. The second-order valence-electron chi connectivity index (χ2n) is 5.54. The largest absolute Gasteiger partial charge is 0.335 e. The molecule has 0 amide bonds. The van der Waals surface area contributed by atoms with Gasteiger partial charge in [-0.3, -0.25) is 0 Å². The number of rotatable bonds is 4. The zero-order valence-electron chi connectivity index (χ0n) is 11.2. The first kappa shape index (κ1) is 12.6. The third kappa shape index (κ3) is 2.89. The molecule has 3 heteroatoms. The summed E-state index contributed by atoms with van der Waals surface area (Å²) in [6.45, 7) is 5.43. The molecule has 2 unspecified atom stereocenters. The van der Waals surface area contributed by atoms with Crippen molar-refractivity contribution in [2.45, 2.75) is 64.5 Å². The van der Waals surface area contributed by atoms with E-state index in [-0.39, 0.29) is 5.54 Å². The molecule has 0 aromatic carbocycles. The van der Waals surface area contributed by atoms with E-state index < -0.39 is 0 Å². The molecule has 1 heterocycles. The SMILES string of the molecule is CCC1CCCC(N)(Cc2nccn2CC)C1. The van der Waals surface area contributed by atoms with Crippen LogP contribution in [0.25, 0.3) is 0 Å². The van der Waals surface area contributed by atoms with E-state index >= 15 is 0 Å². The highest BCUT2D eigenvalue weighted by Gasteiger charge is 2.33. The Morgan fingerprint density at radius 1 is 1.53 bits per heavy atom. The van der Waals surface area contributed by atoms with Crippen molar-refractivity contribution in [2.75, 3.05) is 0 Å². The predicted molar refractivity (Wildman–Crippen MR) is 70.8 cm³/mol. The molecule has 1 aromatic heterocycles. The van der Waals surface area contributed by atoms with E-state index in [9.17, 15) is 0 Å². The topological polar surface area (TPSA) is 43.8 Å². The van der Waals surface area contributed by atoms with Gasteiger partial charge >= 0.3 is 0 Å². The fraction of sp³-hybridized carbons (Fsp3) is 0.786. The second-order valence-corrected chi connectivity index (χ2v) is 5.54. The molecule has 0 radical (unpaired) electrons. The summed E-state index contributed by atoms with van der Waals surface area (Å²) < 4.78 is 2.21. The fourth-order valence-corrected chi connectivity index (χ4v) is 3.14. The monoisotopic (exact) mass is 235 g/mol. The number of aromatic nitrogens is 2. The van der Waals surface area contributed by atoms with Crippen LogP contribution in [0, 0.1) is 5.92 Å². The molecule has 2 atom stereocenters. The Bertz CT molecular complexity index is 358. The number of nitrogens with zero attached hydrogens (tertiary/aromatic N) is 2. The molecule has 1 fully saturated rings. The summed E-state index contributed by atoms with van der Waals surface area (Å²) >= 11 is 0. The molecule has 96 valence electrons. The Morgan fingerprint density at radius 3 is 3.06 bits per heavy atom. The van der Waals surface area contributed by atoms with Gasteiger partial charge in [0.15, 0.2) is 0 Å². The van der Waals surface area contributed by atoms with Crippen LogP contribution in [0.5, 0.6) is 0 Å². The van der Waals surface area contributed by atoms with E-state index in [2.05, 4.69) is 29.6 Å². The zero-order valence-corrected chi connectivity index (χ0v) is 11.2. The zero-order chi connectivity index (χ0) is 12.3. The van der Waals surface area contributed by atoms with Gasteiger partial charge < -0.3 is 10.3 Å². The van der Waals surface area contributed by atoms with E-state index in [0.29, 0.717) is 0 Å². The van der Waals surface area contributed by atoms with Gasteiger partial charge in [0.1, 0.15) is 5.82 Å². The lowest BCUT2D eigenvalue weighted by Gasteiger charge is -2.37. The molecule has 0 bridgehead atoms. The summed E-state index contributed by atoms with van der Waals surface area (Å²) in [4.78, 5) is 4.46. The first-order chi connectivity index (χ1) is 8.17. The number of imidazole rings is 1. The maximum absolute atomic E-state index is 6.59. The Balaban J connectivity index is 2.06. The minimum atomic E-state index is -0.0167. The summed E-state index contributed by atoms with van der Waals surface area (Å²) in [6.07, 6.45) is 11.1. The van der Waals surface area contributed by atoms with Crippen molar-refractivity contribution in [3.8, 4) is 0 Å². The quantitative estimate of drug-likeness (QED) is 0.872. The summed E-state index contributed by atoms with van der Waals surface area (Å²) in [7, 11) is 0. The van der Waals surface area contributed by atoms with Gasteiger partial charge in [0.2, 0.25) is 0 Å². The molecule has 2 rings (SSSR count). The lowest BCUT2D eigenvalue weighted by molar-refractivity contribution is 0.214. The molecule has 0 aliphatic heterocycles. The van der Waals surface area contributed by atoms with Crippen molar-refractivity contribution in [1.29, 1.82) is 0 Å². The Morgan fingerprint density at radius 2 is 2.35 bits per heavy atom. The first-order valence-corrected chi connectivity index (χ1v) is 6.96. The summed E-state index contributed by atoms with van der Waals surface area (Å²) in [6, 6.07) is 0. The highest BCUT2D eigenvalue weighted by molar-refractivity contribution is 5.02. The minimum absolute atomic E-state index is 0.0167. The highest BCUT2D eigenvalue weighted by Crippen LogP contribution is 2.34. The second kappa shape index (κ2) is 5.21. The van der Waals surface area contributed by atoms with Crippen LogP contribution in [0.1, 0.15) is 51.8 Å². The van der Waals surface area contributed by atoms with Gasteiger partial charge in [-0.15, -0.1) is 0 Å². The van der Waals surface area contributed by atoms with Crippen LogP contribution >= 0.6 is 0 Å². The first-order valence-electron chi connectivity index (χ1n) is 6.96. The van der Waals surface area contributed by atoms with Crippen molar-refractivity contribution >= 4 is 0 Å². The molecule has 1 aliphatic carbocycles. The molecule has 1 aromatic rings. The molecule has 1 saturated carbocycles. The van der Waals surface area contributed by atoms with Crippen LogP contribution in [0.2, 0.25) is 0 Å². The average molecular weight is 235 g/mol. The summed E-state index contributed by atoms with van der Waals surface area (Å²) in [5, 5.41) is 0. The van der Waals surface area contributed by atoms with Gasteiger partial charge in [-0.25, -0.2) is 4.98 Å². The van der Waals surface area contributed by atoms with Gasteiger partial charge in [-0.05, 0) is 25.7 Å². The summed E-state index contributed by atoms with van der Waals surface area (Å²) in [5.74, 6) is 1.98. The van der Waals surface area contributed by atoms with Crippen LogP contribution < -0.4 is 5.73 Å². The lowest BCUT2D eigenvalue weighted by Crippen LogP contribution is -2.46. The maximum Gasteiger partial charge on any atom is 0.110 e. The smallest absolute Gasteiger partial charge is 0.110 e. The van der Waals surface area contributed by atoms with Crippen LogP contribution in [0.4, 0.5) is 0 Å². The third-order valence-corrected chi connectivity index (χ3v) is 4.21. The standard InChI is InChI=1S/C14H25N3/c1-3-12-6-5-7-14(15,10-12)11-13-16-8-9-17(13)4-2/h8-9,12H,3-7,10-11,15H2,1-2H3. The maximum atomic E-state index is 6.59. The number of hydrogen-bond donors (Lipinski definition) is 1. The minimum Gasteiger partial charge on any atom is -0.335 e. The van der Waals surface area contributed by atoms with Crippen molar-refractivity contribution in [3.63, 3.8) is 0 Å². The number of aryl methyl sites for hydroxylation is 1. The van der Waals surface area contributed by atoms with Gasteiger partial charge in [0.25, 0.3) is 0 Å². The molecule has 2 N–H and O–H groups in total. The molecule has 0 spiro atoms. The number of nitrogens with two attached hydrogens (primary N) is 1. The molecular weight excluding hydrogens is 210 g/mol. The molecule has 17 heavy (non-hydrogen) atoms.